The number of fused-ring (bicyclic) bond motifs is 1. The van der Waals surface area contributed by atoms with Crippen molar-refractivity contribution >= 4 is 22.5 Å². The summed E-state index contributed by atoms with van der Waals surface area (Å²) in [5.74, 6) is 0.619. The van der Waals surface area contributed by atoms with Crippen LogP contribution in [0.1, 0.15) is 18.0 Å². The van der Waals surface area contributed by atoms with E-state index < -0.39 is 0 Å². The fourth-order valence-electron chi connectivity index (χ4n) is 2.28. The number of nitrogens with one attached hydrogen (secondary N) is 2. The zero-order chi connectivity index (χ0) is 10.3. The maximum atomic E-state index is 6.13. The highest BCUT2D eigenvalue weighted by atomic mass is 35.5. The molecule has 3 rings (SSSR count). The molecule has 2 aromatic rings. The van der Waals surface area contributed by atoms with Crippen molar-refractivity contribution in [3.05, 3.63) is 35.0 Å². The van der Waals surface area contributed by atoms with Gasteiger partial charge in [0.1, 0.15) is 0 Å². The molecule has 2 N–H and O–H groups in total. The predicted octanol–water partition coefficient (Wildman–Crippen LogP) is 2.90. The highest BCUT2D eigenvalue weighted by Gasteiger charge is 2.18. The highest BCUT2D eigenvalue weighted by molar-refractivity contribution is 6.35. The van der Waals surface area contributed by atoms with Gasteiger partial charge in [0, 0.05) is 23.5 Å². The Bertz CT molecular complexity index is 483. The molecule has 0 aliphatic carbocycles. The number of aromatic nitrogens is 1. The van der Waals surface area contributed by atoms with Gasteiger partial charge in [-0.2, -0.15) is 0 Å². The molecule has 1 atom stereocenters. The summed E-state index contributed by atoms with van der Waals surface area (Å²) in [6, 6.07) is 8.24. The van der Waals surface area contributed by atoms with Crippen molar-refractivity contribution in [2.45, 2.75) is 12.3 Å². The Balaban J connectivity index is 2.09. The number of H-pyrrole nitrogens is 1. The van der Waals surface area contributed by atoms with Gasteiger partial charge in [-0.1, -0.05) is 23.7 Å². The maximum absolute atomic E-state index is 6.13. The first kappa shape index (κ1) is 9.25. The van der Waals surface area contributed by atoms with Gasteiger partial charge in [0.05, 0.1) is 10.5 Å². The lowest BCUT2D eigenvalue weighted by Crippen LogP contribution is -2.07. The number of hydrogen-bond acceptors (Lipinski definition) is 1. The summed E-state index contributed by atoms with van der Waals surface area (Å²) < 4.78 is 0. The maximum Gasteiger partial charge on any atom is 0.0647 e. The lowest BCUT2D eigenvalue weighted by atomic mass is 10.1. The van der Waals surface area contributed by atoms with E-state index in [-0.39, 0.29) is 0 Å². The number of hydrogen-bond donors (Lipinski definition) is 2. The largest absolute Gasteiger partial charge is 0.357 e. The van der Waals surface area contributed by atoms with Crippen LogP contribution < -0.4 is 5.32 Å². The molecule has 0 saturated carbocycles. The van der Waals surface area contributed by atoms with E-state index in [9.17, 15) is 0 Å². The van der Waals surface area contributed by atoms with E-state index in [0.717, 1.165) is 23.6 Å². The van der Waals surface area contributed by atoms with Crippen LogP contribution in [0.3, 0.4) is 0 Å². The Kier molecular flexibility index (Phi) is 2.19. The van der Waals surface area contributed by atoms with Gasteiger partial charge in [-0.15, -0.1) is 0 Å². The Labute approximate surface area is 93.6 Å². The molecule has 0 radical (unpaired) electrons. The van der Waals surface area contributed by atoms with Gasteiger partial charge < -0.3 is 10.3 Å². The number of para-hydroxylation sites is 1. The monoisotopic (exact) mass is 220 g/mol. The fourth-order valence-corrected chi connectivity index (χ4v) is 2.51. The third-order valence-electron chi connectivity index (χ3n) is 3.13. The summed E-state index contributed by atoms with van der Waals surface area (Å²) in [7, 11) is 0. The van der Waals surface area contributed by atoms with Crippen molar-refractivity contribution in [1.82, 2.24) is 10.3 Å². The average molecular weight is 221 g/mol. The van der Waals surface area contributed by atoms with Crippen LogP contribution in [-0.2, 0) is 0 Å². The second-order valence-corrected chi connectivity index (χ2v) is 4.53. The minimum Gasteiger partial charge on any atom is -0.357 e. The first-order valence-corrected chi connectivity index (χ1v) is 5.70. The van der Waals surface area contributed by atoms with E-state index in [1.807, 2.05) is 12.1 Å². The van der Waals surface area contributed by atoms with Gasteiger partial charge in [-0.05, 0) is 25.1 Å². The third-order valence-corrected chi connectivity index (χ3v) is 3.44. The SMILES string of the molecule is Clc1cccc2cc([C@@H]3CCNC3)[nH]c12. The van der Waals surface area contributed by atoms with E-state index in [4.69, 9.17) is 11.6 Å². The molecule has 1 aliphatic heterocycles. The van der Waals surface area contributed by atoms with E-state index in [0.29, 0.717) is 5.92 Å². The zero-order valence-electron chi connectivity index (χ0n) is 8.39. The average Bonchev–Trinajstić information content (AvgIpc) is 2.86. The van der Waals surface area contributed by atoms with Crippen molar-refractivity contribution in [3.8, 4) is 0 Å². The van der Waals surface area contributed by atoms with E-state index in [1.165, 1.54) is 17.5 Å². The van der Waals surface area contributed by atoms with Crippen LogP contribution in [0.4, 0.5) is 0 Å². The molecule has 0 bridgehead atoms. The second kappa shape index (κ2) is 3.54. The van der Waals surface area contributed by atoms with E-state index >= 15 is 0 Å². The Morgan fingerprint density at radius 2 is 2.27 bits per heavy atom. The van der Waals surface area contributed by atoms with Gasteiger partial charge in [0.25, 0.3) is 0 Å². The number of rotatable bonds is 1. The number of halogens is 1. The Morgan fingerprint density at radius 3 is 3.00 bits per heavy atom. The summed E-state index contributed by atoms with van der Waals surface area (Å²) >= 11 is 6.13. The minimum atomic E-state index is 0.619. The number of benzene rings is 1. The molecule has 1 fully saturated rings. The summed E-state index contributed by atoms with van der Waals surface area (Å²) in [6.07, 6.45) is 1.21. The molecule has 1 aliphatic rings. The smallest absolute Gasteiger partial charge is 0.0647 e. The first-order valence-electron chi connectivity index (χ1n) is 5.32. The van der Waals surface area contributed by atoms with Crippen molar-refractivity contribution in [2.75, 3.05) is 13.1 Å². The van der Waals surface area contributed by atoms with Crippen LogP contribution >= 0.6 is 11.6 Å². The van der Waals surface area contributed by atoms with Gasteiger partial charge in [0.2, 0.25) is 0 Å². The molecule has 0 amide bonds. The normalized spacial score (nSPS) is 21.3. The van der Waals surface area contributed by atoms with Crippen molar-refractivity contribution in [2.24, 2.45) is 0 Å². The lowest BCUT2D eigenvalue weighted by molar-refractivity contribution is 0.743. The van der Waals surface area contributed by atoms with Crippen LogP contribution in [0, 0.1) is 0 Å². The molecule has 1 saturated heterocycles. The number of aromatic amines is 1. The van der Waals surface area contributed by atoms with E-state index in [1.54, 1.807) is 0 Å². The van der Waals surface area contributed by atoms with E-state index in [2.05, 4.69) is 22.4 Å². The topological polar surface area (TPSA) is 27.8 Å². The molecule has 1 aromatic carbocycles. The van der Waals surface area contributed by atoms with Gasteiger partial charge in [-0.3, -0.25) is 0 Å². The summed E-state index contributed by atoms with van der Waals surface area (Å²) in [5, 5.41) is 5.40. The lowest BCUT2D eigenvalue weighted by Gasteiger charge is -2.03. The zero-order valence-corrected chi connectivity index (χ0v) is 9.14. The minimum absolute atomic E-state index is 0.619. The van der Waals surface area contributed by atoms with Crippen molar-refractivity contribution in [1.29, 1.82) is 0 Å². The third kappa shape index (κ3) is 1.54. The predicted molar refractivity (Wildman–Crippen MR) is 63.5 cm³/mol. The molecular weight excluding hydrogens is 208 g/mol. The standard InChI is InChI=1S/C12H13ClN2/c13-10-3-1-2-8-6-11(15-12(8)10)9-4-5-14-7-9/h1-3,6,9,14-15H,4-5,7H2/t9-/m1/s1. The molecule has 1 aromatic heterocycles. The Morgan fingerprint density at radius 1 is 1.33 bits per heavy atom. The van der Waals surface area contributed by atoms with Crippen LogP contribution in [0.5, 0.6) is 0 Å². The second-order valence-electron chi connectivity index (χ2n) is 4.12. The summed E-state index contributed by atoms with van der Waals surface area (Å²) in [5.41, 5.74) is 2.38. The van der Waals surface area contributed by atoms with Crippen LogP contribution in [0.2, 0.25) is 5.02 Å². The molecular formula is C12H13ClN2. The molecule has 2 heterocycles. The van der Waals surface area contributed by atoms with Gasteiger partial charge in [0.15, 0.2) is 0 Å². The quantitative estimate of drug-likeness (QED) is 0.760. The highest BCUT2D eigenvalue weighted by Crippen LogP contribution is 2.28. The van der Waals surface area contributed by atoms with Crippen LogP contribution in [-0.4, -0.2) is 18.1 Å². The fraction of sp³-hybridized carbons (Fsp3) is 0.333. The van der Waals surface area contributed by atoms with Crippen molar-refractivity contribution < 1.29 is 0 Å². The molecule has 15 heavy (non-hydrogen) atoms. The molecule has 0 spiro atoms. The molecule has 0 unspecified atom stereocenters. The summed E-state index contributed by atoms with van der Waals surface area (Å²) in [4.78, 5) is 3.43. The Hall–Kier alpha value is -0.990. The molecule has 3 heteroatoms. The summed E-state index contributed by atoms with van der Waals surface area (Å²) in [6.45, 7) is 2.19. The van der Waals surface area contributed by atoms with Crippen LogP contribution in [0.15, 0.2) is 24.3 Å². The van der Waals surface area contributed by atoms with Crippen molar-refractivity contribution in [3.63, 3.8) is 0 Å². The van der Waals surface area contributed by atoms with Gasteiger partial charge in [-0.25, -0.2) is 0 Å². The first-order chi connectivity index (χ1) is 7.34. The molecule has 2 nitrogen and oxygen atoms in total. The van der Waals surface area contributed by atoms with Crippen LogP contribution in [0.25, 0.3) is 10.9 Å². The molecule has 78 valence electrons. The van der Waals surface area contributed by atoms with Gasteiger partial charge >= 0.3 is 0 Å².